The van der Waals surface area contributed by atoms with Crippen LogP contribution in [0.1, 0.15) is 24.2 Å². The van der Waals surface area contributed by atoms with E-state index in [4.69, 9.17) is 32.7 Å². The zero-order valence-electron chi connectivity index (χ0n) is 11.5. The van der Waals surface area contributed by atoms with Gasteiger partial charge in [-0.2, -0.15) is 0 Å². The highest BCUT2D eigenvalue weighted by Crippen LogP contribution is 2.24. The number of benzene rings is 1. The van der Waals surface area contributed by atoms with Gasteiger partial charge in [0.05, 0.1) is 18.2 Å². The standard InChI is InChI=1S/C14H14Cl2O5/c1-3-20-13(18)11(14(19)21-4-2)12(17)9-6-5-8(15)7-10(9)16/h5-7,11H,3-4H2,1-2H3. The lowest BCUT2D eigenvalue weighted by atomic mass is 9.97. The predicted octanol–water partition coefficient (Wildman–Crippen LogP) is 2.92. The Morgan fingerprint density at radius 1 is 1.05 bits per heavy atom. The smallest absolute Gasteiger partial charge is 0.328 e. The van der Waals surface area contributed by atoms with Crippen molar-refractivity contribution in [2.45, 2.75) is 13.8 Å². The molecule has 0 heterocycles. The molecule has 0 unspecified atom stereocenters. The summed E-state index contributed by atoms with van der Waals surface area (Å²) in [5, 5.41) is 0.381. The van der Waals surface area contributed by atoms with E-state index in [1.54, 1.807) is 13.8 Å². The molecule has 1 aromatic rings. The molecule has 5 nitrogen and oxygen atoms in total. The van der Waals surface area contributed by atoms with Crippen molar-refractivity contribution in [2.24, 2.45) is 5.92 Å². The minimum atomic E-state index is -1.69. The maximum Gasteiger partial charge on any atom is 0.328 e. The fourth-order valence-corrected chi connectivity index (χ4v) is 2.11. The summed E-state index contributed by atoms with van der Waals surface area (Å²) in [7, 11) is 0. The van der Waals surface area contributed by atoms with Crippen LogP contribution in [0.2, 0.25) is 10.0 Å². The molecule has 0 N–H and O–H groups in total. The van der Waals surface area contributed by atoms with Crippen LogP contribution >= 0.6 is 23.2 Å². The third kappa shape index (κ3) is 4.44. The number of halogens is 2. The van der Waals surface area contributed by atoms with E-state index < -0.39 is 23.6 Å². The SMILES string of the molecule is CCOC(=O)C(C(=O)OCC)C(=O)c1ccc(Cl)cc1Cl. The van der Waals surface area contributed by atoms with Crippen molar-refractivity contribution < 1.29 is 23.9 Å². The molecule has 0 saturated carbocycles. The molecular weight excluding hydrogens is 319 g/mol. The highest BCUT2D eigenvalue weighted by molar-refractivity contribution is 6.38. The first kappa shape index (κ1) is 17.5. The van der Waals surface area contributed by atoms with Gasteiger partial charge in [0, 0.05) is 10.6 Å². The lowest BCUT2D eigenvalue weighted by molar-refractivity contribution is -0.158. The van der Waals surface area contributed by atoms with E-state index in [1.165, 1.54) is 18.2 Å². The van der Waals surface area contributed by atoms with Crippen molar-refractivity contribution in [1.29, 1.82) is 0 Å². The average Bonchev–Trinajstić information content (AvgIpc) is 2.39. The average molecular weight is 333 g/mol. The molecule has 0 saturated heterocycles. The second kappa shape index (κ2) is 8.00. The van der Waals surface area contributed by atoms with Crippen molar-refractivity contribution in [1.82, 2.24) is 0 Å². The Bertz CT molecular complexity index is 538. The molecule has 0 radical (unpaired) electrons. The monoisotopic (exact) mass is 332 g/mol. The van der Waals surface area contributed by atoms with Gasteiger partial charge in [-0.15, -0.1) is 0 Å². The summed E-state index contributed by atoms with van der Waals surface area (Å²) in [5.41, 5.74) is 0.00664. The van der Waals surface area contributed by atoms with Gasteiger partial charge >= 0.3 is 11.9 Å². The first-order chi connectivity index (χ1) is 9.92. The number of esters is 2. The van der Waals surface area contributed by atoms with Crippen molar-refractivity contribution in [3.63, 3.8) is 0 Å². The zero-order chi connectivity index (χ0) is 16.0. The Kier molecular flexibility index (Phi) is 6.65. The highest BCUT2D eigenvalue weighted by Gasteiger charge is 2.38. The van der Waals surface area contributed by atoms with Crippen LogP contribution < -0.4 is 0 Å². The molecule has 0 amide bonds. The molecule has 0 aliphatic rings. The Balaban J connectivity index is 3.15. The number of rotatable bonds is 6. The summed E-state index contributed by atoms with van der Waals surface area (Å²) in [5.74, 6) is -4.41. The molecule has 21 heavy (non-hydrogen) atoms. The largest absolute Gasteiger partial charge is 0.465 e. The van der Waals surface area contributed by atoms with Crippen LogP contribution in [0.3, 0.4) is 0 Å². The van der Waals surface area contributed by atoms with Gasteiger partial charge in [0.1, 0.15) is 0 Å². The van der Waals surface area contributed by atoms with Gasteiger partial charge in [-0.25, -0.2) is 0 Å². The van der Waals surface area contributed by atoms with Crippen LogP contribution in [-0.2, 0) is 19.1 Å². The van der Waals surface area contributed by atoms with Crippen LogP contribution in [0, 0.1) is 5.92 Å². The maximum atomic E-state index is 12.4. The third-order valence-corrected chi connectivity index (χ3v) is 3.05. The molecule has 0 aliphatic heterocycles. The first-order valence-corrected chi connectivity index (χ1v) is 7.00. The van der Waals surface area contributed by atoms with Crippen molar-refractivity contribution in [2.75, 3.05) is 13.2 Å². The van der Waals surface area contributed by atoms with Gasteiger partial charge in [-0.05, 0) is 32.0 Å². The zero-order valence-corrected chi connectivity index (χ0v) is 13.0. The minimum absolute atomic E-state index is 0.00664. The van der Waals surface area contributed by atoms with Gasteiger partial charge in [-0.1, -0.05) is 23.2 Å². The lowest BCUT2D eigenvalue weighted by Crippen LogP contribution is -2.35. The number of Topliss-reactive ketones (excluding diaryl/α,β-unsaturated/α-hetero) is 1. The summed E-state index contributed by atoms with van der Waals surface area (Å²) in [6.07, 6.45) is 0. The van der Waals surface area contributed by atoms with E-state index in [9.17, 15) is 14.4 Å². The van der Waals surface area contributed by atoms with Crippen LogP contribution in [0.4, 0.5) is 0 Å². The number of carbonyl (C=O) groups is 3. The van der Waals surface area contributed by atoms with E-state index in [2.05, 4.69) is 0 Å². The number of hydrogen-bond acceptors (Lipinski definition) is 5. The second-order valence-corrected chi connectivity index (χ2v) is 4.77. The fraction of sp³-hybridized carbons (Fsp3) is 0.357. The van der Waals surface area contributed by atoms with E-state index in [0.29, 0.717) is 5.02 Å². The summed E-state index contributed by atoms with van der Waals surface area (Å²) in [6.45, 7) is 3.21. The summed E-state index contributed by atoms with van der Waals surface area (Å²) >= 11 is 11.7. The van der Waals surface area contributed by atoms with E-state index in [0.717, 1.165) is 0 Å². The predicted molar refractivity (Wildman–Crippen MR) is 77.5 cm³/mol. The molecule has 7 heteroatoms. The molecule has 114 valence electrons. The van der Waals surface area contributed by atoms with Crippen LogP contribution in [0.15, 0.2) is 18.2 Å². The Morgan fingerprint density at radius 3 is 2.00 bits per heavy atom. The van der Waals surface area contributed by atoms with Crippen molar-refractivity contribution in [3.05, 3.63) is 33.8 Å². The molecule has 0 spiro atoms. The quantitative estimate of drug-likeness (QED) is 0.455. The summed E-state index contributed by atoms with van der Waals surface area (Å²) in [4.78, 5) is 36.1. The number of carbonyl (C=O) groups excluding carboxylic acids is 3. The summed E-state index contributed by atoms with van der Waals surface area (Å²) < 4.78 is 9.50. The van der Waals surface area contributed by atoms with Crippen molar-refractivity contribution >= 4 is 40.9 Å². The van der Waals surface area contributed by atoms with Crippen LogP contribution in [0.25, 0.3) is 0 Å². The third-order valence-electron chi connectivity index (χ3n) is 2.50. The Labute approximate surface area is 132 Å². The van der Waals surface area contributed by atoms with E-state index in [-0.39, 0.29) is 23.8 Å². The molecule has 0 bridgehead atoms. The second-order valence-electron chi connectivity index (χ2n) is 3.93. The number of ketones is 1. The first-order valence-electron chi connectivity index (χ1n) is 6.24. The molecular formula is C14H14Cl2O5. The van der Waals surface area contributed by atoms with Crippen molar-refractivity contribution in [3.8, 4) is 0 Å². The Morgan fingerprint density at radius 2 is 1.57 bits per heavy atom. The molecule has 0 aliphatic carbocycles. The topological polar surface area (TPSA) is 69.7 Å². The minimum Gasteiger partial charge on any atom is -0.465 e. The van der Waals surface area contributed by atoms with E-state index in [1.807, 2.05) is 0 Å². The summed E-state index contributed by atoms with van der Waals surface area (Å²) in [6, 6.07) is 4.14. The number of hydrogen-bond donors (Lipinski definition) is 0. The Hall–Kier alpha value is -1.59. The number of ether oxygens (including phenoxy) is 2. The van der Waals surface area contributed by atoms with Gasteiger partial charge in [-0.3, -0.25) is 14.4 Å². The normalized spacial score (nSPS) is 10.3. The fourth-order valence-electron chi connectivity index (χ4n) is 1.61. The van der Waals surface area contributed by atoms with Gasteiger partial charge in [0.25, 0.3) is 0 Å². The van der Waals surface area contributed by atoms with E-state index >= 15 is 0 Å². The van der Waals surface area contributed by atoms with Crippen LogP contribution in [0.5, 0.6) is 0 Å². The molecule has 0 aromatic heterocycles. The highest BCUT2D eigenvalue weighted by atomic mass is 35.5. The maximum absolute atomic E-state index is 12.4. The molecule has 0 atom stereocenters. The lowest BCUT2D eigenvalue weighted by Gasteiger charge is -2.14. The molecule has 1 rings (SSSR count). The van der Waals surface area contributed by atoms with Gasteiger partial charge in [0.2, 0.25) is 5.92 Å². The van der Waals surface area contributed by atoms with Gasteiger partial charge < -0.3 is 9.47 Å². The molecule has 1 aromatic carbocycles. The van der Waals surface area contributed by atoms with Crippen LogP contribution in [-0.4, -0.2) is 30.9 Å². The van der Waals surface area contributed by atoms with Gasteiger partial charge in [0.15, 0.2) is 5.78 Å². The molecule has 0 fully saturated rings.